The molecule has 1 aliphatic heterocycles. The summed E-state index contributed by atoms with van der Waals surface area (Å²) in [4.78, 5) is 17.6. The zero-order valence-electron chi connectivity index (χ0n) is 11.4. The minimum absolute atomic E-state index is 0.0147. The topological polar surface area (TPSA) is 62.1 Å². The highest BCUT2D eigenvalue weighted by molar-refractivity contribution is 5.87. The second kappa shape index (κ2) is 5.13. The number of rotatable bonds is 3. The molecule has 0 bridgehead atoms. The van der Waals surface area contributed by atoms with Gasteiger partial charge in [-0.15, -0.1) is 6.58 Å². The summed E-state index contributed by atoms with van der Waals surface area (Å²) in [5.41, 5.74) is 9.51. The number of nitrogens with zero attached hydrogens (tertiary/aromatic N) is 1. The standard InChI is InChI=1S/C16H19N3O/c1-2-5-13(17)16(20)19-9-8-15-12(10-19)11-6-3-4-7-14(11)18-15/h2-4,6-7,13,18H,1,5,8-10,17H2. The highest BCUT2D eigenvalue weighted by Gasteiger charge is 2.26. The molecule has 0 fully saturated rings. The molecule has 1 aliphatic rings. The maximum absolute atomic E-state index is 12.3. The van der Waals surface area contributed by atoms with Crippen LogP contribution in [-0.4, -0.2) is 28.4 Å². The van der Waals surface area contributed by atoms with Crippen LogP contribution in [0.2, 0.25) is 0 Å². The molecule has 2 aromatic rings. The number of carbonyl (C=O) groups excluding carboxylic acids is 1. The number of amides is 1. The van der Waals surface area contributed by atoms with Gasteiger partial charge in [0.15, 0.2) is 0 Å². The molecule has 0 spiro atoms. The van der Waals surface area contributed by atoms with Crippen molar-refractivity contribution in [3.05, 3.63) is 48.2 Å². The number of aromatic nitrogens is 1. The monoisotopic (exact) mass is 269 g/mol. The predicted molar refractivity (Wildman–Crippen MR) is 80.2 cm³/mol. The van der Waals surface area contributed by atoms with E-state index < -0.39 is 6.04 Å². The van der Waals surface area contributed by atoms with E-state index in [0.717, 1.165) is 18.5 Å². The van der Waals surface area contributed by atoms with Crippen LogP contribution in [0.5, 0.6) is 0 Å². The van der Waals surface area contributed by atoms with Crippen molar-refractivity contribution in [3.63, 3.8) is 0 Å². The molecular weight excluding hydrogens is 250 g/mol. The Hall–Kier alpha value is -2.07. The average molecular weight is 269 g/mol. The Morgan fingerprint density at radius 1 is 1.50 bits per heavy atom. The van der Waals surface area contributed by atoms with Gasteiger partial charge >= 0.3 is 0 Å². The fraction of sp³-hybridized carbons (Fsp3) is 0.312. The first-order valence-corrected chi connectivity index (χ1v) is 6.94. The van der Waals surface area contributed by atoms with Crippen molar-refractivity contribution < 1.29 is 4.79 Å². The first-order chi connectivity index (χ1) is 9.70. The van der Waals surface area contributed by atoms with E-state index in [9.17, 15) is 4.79 Å². The Labute approximate surface area is 118 Å². The lowest BCUT2D eigenvalue weighted by Crippen LogP contribution is -2.45. The third-order valence-corrected chi connectivity index (χ3v) is 3.93. The first-order valence-electron chi connectivity index (χ1n) is 6.94. The van der Waals surface area contributed by atoms with Crippen molar-refractivity contribution in [1.82, 2.24) is 9.88 Å². The Morgan fingerprint density at radius 3 is 3.10 bits per heavy atom. The van der Waals surface area contributed by atoms with Crippen LogP contribution in [-0.2, 0) is 17.8 Å². The SMILES string of the molecule is C=CCC(N)C(=O)N1CCc2[nH]c3ccccc3c2C1. The third kappa shape index (κ3) is 2.12. The van der Waals surface area contributed by atoms with Gasteiger partial charge < -0.3 is 15.6 Å². The van der Waals surface area contributed by atoms with Gasteiger partial charge in [0.05, 0.1) is 6.04 Å². The van der Waals surface area contributed by atoms with Crippen molar-refractivity contribution in [3.8, 4) is 0 Å². The molecule has 1 unspecified atom stereocenters. The van der Waals surface area contributed by atoms with E-state index in [0.29, 0.717) is 13.0 Å². The minimum Gasteiger partial charge on any atom is -0.358 e. The van der Waals surface area contributed by atoms with Crippen LogP contribution in [0, 0.1) is 0 Å². The highest BCUT2D eigenvalue weighted by atomic mass is 16.2. The fourth-order valence-electron chi connectivity index (χ4n) is 2.87. The number of hydrogen-bond acceptors (Lipinski definition) is 2. The largest absolute Gasteiger partial charge is 0.358 e. The number of nitrogens with one attached hydrogen (secondary N) is 1. The lowest BCUT2D eigenvalue weighted by atomic mass is 10.0. The molecular formula is C16H19N3O. The van der Waals surface area contributed by atoms with Gasteiger partial charge in [0, 0.05) is 41.7 Å². The van der Waals surface area contributed by atoms with Crippen LogP contribution in [0.3, 0.4) is 0 Å². The van der Waals surface area contributed by atoms with Gasteiger partial charge in [0.2, 0.25) is 5.91 Å². The van der Waals surface area contributed by atoms with Crippen molar-refractivity contribution in [2.24, 2.45) is 5.73 Å². The van der Waals surface area contributed by atoms with Crippen LogP contribution in [0.4, 0.5) is 0 Å². The summed E-state index contributed by atoms with van der Waals surface area (Å²) in [6.45, 7) is 5.01. The molecule has 0 saturated heterocycles. The second-order valence-electron chi connectivity index (χ2n) is 5.27. The lowest BCUT2D eigenvalue weighted by molar-refractivity contribution is -0.133. The van der Waals surface area contributed by atoms with Crippen LogP contribution in [0.1, 0.15) is 17.7 Å². The molecule has 1 aromatic carbocycles. The van der Waals surface area contributed by atoms with Crippen LogP contribution < -0.4 is 5.73 Å². The normalized spacial score (nSPS) is 15.9. The van der Waals surface area contributed by atoms with E-state index in [1.807, 2.05) is 17.0 Å². The van der Waals surface area contributed by atoms with E-state index in [2.05, 4.69) is 23.7 Å². The average Bonchev–Trinajstić information content (AvgIpc) is 2.84. The maximum Gasteiger partial charge on any atom is 0.240 e. The van der Waals surface area contributed by atoms with Gasteiger partial charge in [-0.1, -0.05) is 24.3 Å². The summed E-state index contributed by atoms with van der Waals surface area (Å²) in [6.07, 6.45) is 3.08. The van der Waals surface area contributed by atoms with Crippen molar-refractivity contribution in [2.75, 3.05) is 6.54 Å². The highest BCUT2D eigenvalue weighted by Crippen LogP contribution is 2.27. The van der Waals surface area contributed by atoms with Gasteiger partial charge in [0.1, 0.15) is 0 Å². The molecule has 104 valence electrons. The van der Waals surface area contributed by atoms with E-state index in [1.54, 1.807) is 6.08 Å². The lowest BCUT2D eigenvalue weighted by Gasteiger charge is -2.29. The second-order valence-corrected chi connectivity index (χ2v) is 5.27. The number of aromatic amines is 1. The molecule has 20 heavy (non-hydrogen) atoms. The quantitative estimate of drug-likeness (QED) is 0.837. The Balaban J connectivity index is 1.87. The maximum atomic E-state index is 12.3. The van der Waals surface area contributed by atoms with Crippen molar-refractivity contribution in [1.29, 1.82) is 0 Å². The van der Waals surface area contributed by atoms with Gasteiger partial charge in [0.25, 0.3) is 0 Å². The third-order valence-electron chi connectivity index (χ3n) is 3.93. The number of fused-ring (bicyclic) bond motifs is 3. The minimum atomic E-state index is -0.473. The summed E-state index contributed by atoms with van der Waals surface area (Å²) < 4.78 is 0. The van der Waals surface area contributed by atoms with Crippen molar-refractivity contribution >= 4 is 16.8 Å². The Kier molecular flexibility index (Phi) is 3.32. The molecule has 4 heteroatoms. The Morgan fingerprint density at radius 2 is 2.30 bits per heavy atom. The summed E-state index contributed by atoms with van der Waals surface area (Å²) in [7, 11) is 0. The number of nitrogens with two attached hydrogens (primary N) is 1. The van der Waals surface area contributed by atoms with E-state index in [1.165, 1.54) is 16.6 Å². The molecule has 3 rings (SSSR count). The number of para-hydroxylation sites is 1. The molecule has 0 saturated carbocycles. The zero-order valence-corrected chi connectivity index (χ0v) is 11.4. The van der Waals surface area contributed by atoms with Crippen LogP contribution in [0.25, 0.3) is 10.9 Å². The molecule has 4 nitrogen and oxygen atoms in total. The van der Waals surface area contributed by atoms with Gasteiger partial charge in [-0.2, -0.15) is 0 Å². The number of carbonyl (C=O) groups is 1. The molecule has 1 aromatic heterocycles. The molecule has 0 radical (unpaired) electrons. The summed E-state index contributed by atoms with van der Waals surface area (Å²) >= 11 is 0. The van der Waals surface area contributed by atoms with Gasteiger partial charge in [-0.05, 0) is 12.5 Å². The smallest absolute Gasteiger partial charge is 0.240 e. The van der Waals surface area contributed by atoms with Crippen LogP contribution in [0.15, 0.2) is 36.9 Å². The number of benzene rings is 1. The first kappa shape index (κ1) is 12.9. The van der Waals surface area contributed by atoms with E-state index >= 15 is 0 Å². The Bertz CT molecular complexity index is 659. The van der Waals surface area contributed by atoms with Crippen molar-refractivity contribution in [2.45, 2.75) is 25.4 Å². The molecule has 3 N–H and O–H groups in total. The van der Waals surface area contributed by atoms with Crippen LogP contribution >= 0.6 is 0 Å². The molecule has 0 aliphatic carbocycles. The zero-order chi connectivity index (χ0) is 14.1. The predicted octanol–water partition coefficient (Wildman–Crippen LogP) is 1.96. The molecule has 1 atom stereocenters. The summed E-state index contributed by atoms with van der Waals surface area (Å²) in [6, 6.07) is 7.75. The van der Waals surface area contributed by atoms with Gasteiger partial charge in [-0.25, -0.2) is 0 Å². The summed E-state index contributed by atoms with van der Waals surface area (Å²) in [5.74, 6) is 0.0147. The van der Waals surface area contributed by atoms with E-state index in [-0.39, 0.29) is 5.91 Å². The molecule has 1 amide bonds. The number of hydrogen-bond donors (Lipinski definition) is 2. The fourth-order valence-corrected chi connectivity index (χ4v) is 2.87. The van der Waals surface area contributed by atoms with E-state index in [4.69, 9.17) is 5.73 Å². The number of H-pyrrole nitrogens is 1. The van der Waals surface area contributed by atoms with Gasteiger partial charge in [-0.3, -0.25) is 4.79 Å². The summed E-state index contributed by atoms with van der Waals surface area (Å²) in [5, 5.41) is 1.21. The molecule has 2 heterocycles.